The van der Waals surface area contributed by atoms with E-state index in [2.05, 4.69) is 150 Å². The van der Waals surface area contributed by atoms with Crippen LogP contribution in [-0.2, 0) is 10.8 Å². The predicted molar refractivity (Wildman–Crippen MR) is 192 cm³/mol. The average molecular weight is 653 g/mol. The average Bonchev–Trinajstić information content (AvgIpc) is 3.44. The zero-order valence-electron chi connectivity index (χ0n) is 26.0. The van der Waals surface area contributed by atoms with Crippen molar-refractivity contribution in [2.45, 2.75) is 38.5 Å². The van der Waals surface area contributed by atoms with E-state index in [1.54, 1.807) is 18.4 Å². The van der Waals surface area contributed by atoms with Gasteiger partial charge in [-0.3, -0.25) is 0 Å². The van der Waals surface area contributed by atoms with Gasteiger partial charge in [-0.05, 0) is 57.6 Å². The number of anilines is 2. The highest BCUT2D eigenvalue weighted by atomic mass is 79.9. The van der Waals surface area contributed by atoms with E-state index in [9.17, 15) is 0 Å². The Morgan fingerprint density at radius 3 is 1.82 bits per heavy atom. The van der Waals surface area contributed by atoms with E-state index in [-0.39, 0.29) is 10.8 Å². The number of nitrogens with zero attached hydrogens (tertiary/aromatic N) is 2. The molecule has 0 saturated heterocycles. The molecule has 4 nitrogen and oxygen atoms in total. The number of allylic oxidation sites excluding steroid dienone is 3. The molecule has 8 rings (SSSR count). The first-order valence-corrected chi connectivity index (χ1v) is 15.9. The summed E-state index contributed by atoms with van der Waals surface area (Å²) in [5.74, 6) is 1.32. The molecule has 0 unspecified atom stereocenters. The van der Waals surface area contributed by atoms with Crippen molar-refractivity contribution >= 4 is 33.6 Å². The molecular formula is C40H36BrN4+. The molecule has 0 saturated carbocycles. The molecular weight excluding hydrogens is 616 g/mol. The Hall–Kier alpha value is -4.83. The van der Waals surface area contributed by atoms with Gasteiger partial charge in [0.25, 0.3) is 5.82 Å². The van der Waals surface area contributed by atoms with Crippen LogP contribution in [0.3, 0.4) is 0 Å². The first-order valence-electron chi connectivity index (χ1n) is 15.1. The Morgan fingerprint density at radius 1 is 0.667 bits per heavy atom. The van der Waals surface area contributed by atoms with Crippen molar-refractivity contribution < 1.29 is 0 Å². The third-order valence-corrected chi connectivity index (χ3v) is 9.38. The largest absolute Gasteiger partial charge is 0.358 e. The summed E-state index contributed by atoms with van der Waals surface area (Å²) < 4.78 is 1.20. The SMILES string of the molecule is CC1(C)c2ccccc2-c2c(Br)cccc21.CC1(C)c2ccccc2-c2c(Nc3ccccn3)cccc21.NC1=[C+]C=CC=N1. The van der Waals surface area contributed by atoms with E-state index in [0.717, 1.165) is 11.5 Å². The number of halogens is 1. The van der Waals surface area contributed by atoms with Crippen LogP contribution < -0.4 is 11.1 Å². The number of fused-ring (bicyclic) bond motifs is 6. The summed E-state index contributed by atoms with van der Waals surface area (Å²) in [6.07, 6.45) is 9.64. The third-order valence-electron chi connectivity index (χ3n) is 8.72. The lowest BCUT2D eigenvalue weighted by atomic mass is 9.82. The highest BCUT2D eigenvalue weighted by Gasteiger charge is 2.37. The van der Waals surface area contributed by atoms with E-state index in [0.29, 0.717) is 5.82 Å². The molecule has 0 atom stereocenters. The second-order valence-corrected chi connectivity index (χ2v) is 13.1. The van der Waals surface area contributed by atoms with Gasteiger partial charge >= 0.3 is 0 Å². The topological polar surface area (TPSA) is 63.3 Å². The number of nitrogens with two attached hydrogens (primary N) is 1. The second kappa shape index (κ2) is 12.3. The highest BCUT2D eigenvalue weighted by Crippen LogP contribution is 2.52. The number of benzene rings is 4. The van der Waals surface area contributed by atoms with Crippen LogP contribution in [0.25, 0.3) is 22.3 Å². The Balaban J connectivity index is 0.000000135. The molecule has 0 amide bonds. The summed E-state index contributed by atoms with van der Waals surface area (Å²) in [4.78, 5) is 8.08. The summed E-state index contributed by atoms with van der Waals surface area (Å²) >= 11 is 3.67. The molecule has 1 aromatic heterocycles. The van der Waals surface area contributed by atoms with Gasteiger partial charge in [-0.15, -0.1) is 0 Å². The predicted octanol–water partition coefficient (Wildman–Crippen LogP) is 10.1. The van der Waals surface area contributed by atoms with Crippen molar-refractivity contribution in [2.75, 3.05) is 5.32 Å². The molecule has 0 fully saturated rings. The number of hydrogen-bond acceptors (Lipinski definition) is 4. The molecule has 222 valence electrons. The molecule has 3 N–H and O–H groups in total. The fourth-order valence-corrected chi connectivity index (χ4v) is 7.06. The minimum absolute atomic E-state index is 0.0354. The van der Waals surface area contributed by atoms with Gasteiger partial charge in [0, 0.05) is 38.3 Å². The van der Waals surface area contributed by atoms with Crippen molar-refractivity contribution in [3.05, 3.63) is 160 Å². The fraction of sp³-hybridized carbons (Fsp3) is 0.150. The van der Waals surface area contributed by atoms with E-state index in [1.165, 1.54) is 49.0 Å². The molecule has 45 heavy (non-hydrogen) atoms. The van der Waals surface area contributed by atoms with Crippen LogP contribution in [0.4, 0.5) is 11.5 Å². The van der Waals surface area contributed by atoms with Crippen LogP contribution in [0, 0.1) is 6.08 Å². The fourth-order valence-electron chi connectivity index (χ4n) is 6.48. The molecule has 3 aliphatic rings. The molecule has 0 spiro atoms. The number of pyridine rings is 1. The molecule has 2 heterocycles. The normalized spacial score (nSPS) is 15.0. The molecule has 5 heteroatoms. The first-order chi connectivity index (χ1) is 21.7. The maximum Gasteiger partial charge on any atom is 0.276 e. The van der Waals surface area contributed by atoms with Gasteiger partial charge in [-0.2, -0.15) is 4.99 Å². The molecule has 1 aliphatic heterocycles. The minimum Gasteiger partial charge on any atom is -0.358 e. The number of rotatable bonds is 2. The third kappa shape index (κ3) is 5.73. The lowest BCUT2D eigenvalue weighted by Crippen LogP contribution is -2.14. The van der Waals surface area contributed by atoms with E-state index in [1.807, 2.05) is 24.4 Å². The van der Waals surface area contributed by atoms with Gasteiger partial charge in [-0.1, -0.05) is 122 Å². The smallest absolute Gasteiger partial charge is 0.276 e. The van der Waals surface area contributed by atoms with Crippen molar-refractivity contribution in [3.63, 3.8) is 0 Å². The summed E-state index contributed by atoms with van der Waals surface area (Å²) in [6.45, 7) is 9.18. The van der Waals surface area contributed by atoms with Gasteiger partial charge in [-0.25, -0.2) is 4.98 Å². The number of hydrogen-bond donors (Lipinski definition) is 2. The Kier molecular flexibility index (Phi) is 8.24. The van der Waals surface area contributed by atoms with Crippen LogP contribution in [-0.4, -0.2) is 11.2 Å². The van der Waals surface area contributed by atoms with E-state index in [4.69, 9.17) is 5.73 Å². The van der Waals surface area contributed by atoms with Gasteiger partial charge in [0.2, 0.25) is 0 Å². The molecule has 0 bridgehead atoms. The maximum atomic E-state index is 5.19. The minimum atomic E-state index is 0.0354. The quantitative estimate of drug-likeness (QED) is 0.187. The standard InChI is InChI=1S/C20H18N2.C15H13Br.C5H5N2/c1-20(2)15-9-4-3-8-14(15)19-16(20)10-7-11-17(19)22-18-12-5-6-13-21-18;1-15(2)11-7-4-3-6-10(11)14-12(15)8-5-9-13(14)16;6-5-3-1-2-4-7-5/h3-13H,1-2H3,(H,21,22);3-9H,1-2H3;1-2,4H,(H2,6,7)/q;;+1. The summed E-state index contributed by atoms with van der Waals surface area (Å²) in [5.41, 5.74) is 17.4. The van der Waals surface area contributed by atoms with E-state index >= 15 is 0 Å². The van der Waals surface area contributed by atoms with Crippen molar-refractivity contribution in [3.8, 4) is 22.3 Å². The molecule has 5 aromatic rings. The highest BCUT2D eigenvalue weighted by molar-refractivity contribution is 9.10. The van der Waals surface area contributed by atoms with Gasteiger partial charge in [0.1, 0.15) is 18.1 Å². The van der Waals surface area contributed by atoms with Gasteiger partial charge in [0.05, 0.1) is 6.08 Å². The Bertz CT molecular complexity index is 1950. The Labute approximate surface area is 274 Å². The number of nitrogens with one attached hydrogen (secondary N) is 1. The Morgan fingerprint density at radius 2 is 1.24 bits per heavy atom. The van der Waals surface area contributed by atoms with Crippen LogP contribution >= 0.6 is 15.9 Å². The lowest BCUT2D eigenvalue weighted by Gasteiger charge is -2.21. The van der Waals surface area contributed by atoms with Gasteiger partial charge in [0.15, 0.2) is 6.08 Å². The van der Waals surface area contributed by atoms with Crippen LogP contribution in [0.2, 0.25) is 0 Å². The summed E-state index contributed by atoms with van der Waals surface area (Å²) in [6, 6.07) is 36.3. The second-order valence-electron chi connectivity index (χ2n) is 12.2. The van der Waals surface area contributed by atoms with Crippen LogP contribution in [0.15, 0.2) is 137 Å². The monoisotopic (exact) mass is 651 g/mol. The number of aliphatic imine (C=N–C) groups is 1. The zero-order valence-corrected chi connectivity index (χ0v) is 27.6. The summed E-state index contributed by atoms with van der Waals surface area (Å²) in [7, 11) is 0. The molecule has 2 aliphatic carbocycles. The first kappa shape index (κ1) is 30.2. The number of aromatic nitrogens is 1. The molecule has 0 radical (unpaired) electrons. The van der Waals surface area contributed by atoms with Crippen molar-refractivity contribution in [1.82, 2.24) is 4.98 Å². The van der Waals surface area contributed by atoms with Crippen molar-refractivity contribution in [2.24, 2.45) is 10.7 Å². The molecule has 4 aromatic carbocycles. The van der Waals surface area contributed by atoms with Gasteiger partial charge < -0.3 is 11.1 Å². The van der Waals surface area contributed by atoms with Crippen LogP contribution in [0.5, 0.6) is 0 Å². The summed E-state index contributed by atoms with van der Waals surface area (Å²) in [5, 5.41) is 3.47. The zero-order chi connectivity index (χ0) is 31.6. The van der Waals surface area contributed by atoms with E-state index < -0.39 is 0 Å². The maximum absolute atomic E-state index is 5.19. The lowest BCUT2D eigenvalue weighted by molar-refractivity contribution is 0.660. The van der Waals surface area contributed by atoms with Crippen molar-refractivity contribution in [1.29, 1.82) is 0 Å². The van der Waals surface area contributed by atoms with Crippen LogP contribution in [0.1, 0.15) is 49.9 Å².